The normalized spacial score (nSPS) is 16.1. The van der Waals surface area contributed by atoms with Crippen LogP contribution in [0.3, 0.4) is 0 Å². The highest BCUT2D eigenvalue weighted by Crippen LogP contribution is 2.54. The third-order valence-corrected chi connectivity index (χ3v) is 10.6. The first-order chi connectivity index (χ1) is 20.7. The van der Waals surface area contributed by atoms with Crippen molar-refractivity contribution in [2.75, 3.05) is 17.3 Å². The summed E-state index contributed by atoms with van der Waals surface area (Å²) in [4.78, 5) is 2.40. The van der Waals surface area contributed by atoms with Crippen LogP contribution >= 0.6 is 0 Å². The fourth-order valence-electron chi connectivity index (χ4n) is 8.17. The zero-order valence-electron chi connectivity index (χ0n) is 25.3. The average Bonchev–Trinajstić information content (AvgIpc) is 3.02. The predicted octanol–water partition coefficient (Wildman–Crippen LogP) is 11.0. The van der Waals surface area contributed by atoms with Crippen LogP contribution < -0.4 is 10.2 Å². The maximum Gasteiger partial charge on any atom is 0.0454 e. The molecule has 43 heavy (non-hydrogen) atoms. The second kappa shape index (κ2) is 8.17. The molecular formula is C41H34N2. The second-order valence-corrected chi connectivity index (χ2v) is 13.6. The van der Waals surface area contributed by atoms with Crippen LogP contribution in [0.25, 0.3) is 43.4 Å². The Kier molecular flexibility index (Phi) is 4.70. The van der Waals surface area contributed by atoms with Gasteiger partial charge in [0, 0.05) is 40.6 Å². The van der Waals surface area contributed by atoms with Gasteiger partial charge < -0.3 is 10.2 Å². The fraction of sp³-hybridized carbons (Fsp3) is 0.171. The Hall–Kier alpha value is -4.82. The highest BCUT2D eigenvalue weighted by Gasteiger charge is 2.40. The minimum Gasteiger partial charge on any atom is -0.355 e. The highest BCUT2D eigenvalue weighted by molar-refractivity contribution is 6.25. The van der Waals surface area contributed by atoms with Crippen molar-refractivity contribution in [1.82, 2.24) is 0 Å². The highest BCUT2D eigenvalue weighted by atomic mass is 15.1. The van der Waals surface area contributed by atoms with Crippen LogP contribution in [0.1, 0.15) is 49.9 Å². The largest absolute Gasteiger partial charge is 0.355 e. The molecule has 0 bridgehead atoms. The van der Waals surface area contributed by atoms with Crippen LogP contribution in [0.4, 0.5) is 22.7 Å². The summed E-state index contributed by atoms with van der Waals surface area (Å²) in [5.41, 5.74) is 12.7. The molecule has 7 aromatic carbocycles. The Balaban J connectivity index is 1.23. The number of fused-ring (bicyclic) bond motifs is 4. The Morgan fingerprint density at radius 2 is 1.19 bits per heavy atom. The smallest absolute Gasteiger partial charge is 0.0454 e. The van der Waals surface area contributed by atoms with Gasteiger partial charge in [0.15, 0.2) is 0 Å². The lowest BCUT2D eigenvalue weighted by molar-refractivity contribution is 0.617. The van der Waals surface area contributed by atoms with E-state index in [4.69, 9.17) is 0 Å². The van der Waals surface area contributed by atoms with E-state index in [9.17, 15) is 0 Å². The van der Waals surface area contributed by atoms with E-state index in [-0.39, 0.29) is 10.8 Å². The van der Waals surface area contributed by atoms with Gasteiger partial charge in [-0.3, -0.25) is 0 Å². The van der Waals surface area contributed by atoms with E-state index in [0.29, 0.717) is 0 Å². The summed E-state index contributed by atoms with van der Waals surface area (Å²) in [5, 5.41) is 11.8. The van der Waals surface area contributed by atoms with Crippen LogP contribution in [0.2, 0.25) is 0 Å². The summed E-state index contributed by atoms with van der Waals surface area (Å²) in [7, 11) is 2.23. The molecule has 2 heteroatoms. The standard InChI is InChI=1S/C41H34N2/c1-40(2)30-11-6-7-12-34(30)42-35-22-33-37(23-31(35)40)43(5)36-20-17-27(21-32(36)41(33,3)4)28-18-15-26-14-13-24-9-8-10-25-16-19-29(28)39(26)38(24)25/h6-23,42H,1-5H3. The first-order valence-electron chi connectivity index (χ1n) is 15.3. The van der Waals surface area contributed by atoms with Gasteiger partial charge in [0.2, 0.25) is 0 Å². The van der Waals surface area contributed by atoms with Gasteiger partial charge in [-0.25, -0.2) is 0 Å². The molecular weight excluding hydrogens is 520 g/mol. The molecule has 0 aromatic heterocycles. The Bertz CT molecular complexity index is 2270. The van der Waals surface area contributed by atoms with Crippen molar-refractivity contribution in [2.45, 2.75) is 38.5 Å². The van der Waals surface area contributed by atoms with E-state index in [1.807, 2.05) is 0 Å². The van der Waals surface area contributed by atoms with Crippen molar-refractivity contribution in [2.24, 2.45) is 0 Å². The summed E-state index contributed by atoms with van der Waals surface area (Å²) in [6, 6.07) is 41.1. The van der Waals surface area contributed by atoms with Crippen LogP contribution in [-0.4, -0.2) is 7.05 Å². The minimum atomic E-state index is -0.172. The summed E-state index contributed by atoms with van der Waals surface area (Å²) in [6.45, 7) is 9.48. The molecule has 2 aliphatic rings. The molecule has 0 atom stereocenters. The fourth-order valence-corrected chi connectivity index (χ4v) is 8.17. The van der Waals surface area contributed by atoms with Crippen molar-refractivity contribution in [3.8, 4) is 11.1 Å². The van der Waals surface area contributed by atoms with Crippen molar-refractivity contribution in [3.05, 3.63) is 131 Å². The molecule has 2 heterocycles. The molecule has 0 spiro atoms. The third-order valence-electron chi connectivity index (χ3n) is 10.6. The summed E-state index contributed by atoms with van der Waals surface area (Å²) >= 11 is 0. The molecule has 1 N–H and O–H groups in total. The van der Waals surface area contributed by atoms with E-state index in [1.165, 1.54) is 88.4 Å². The zero-order valence-corrected chi connectivity index (χ0v) is 25.3. The number of nitrogens with zero attached hydrogens (tertiary/aromatic N) is 1. The molecule has 0 fully saturated rings. The molecule has 9 rings (SSSR count). The number of benzene rings is 7. The summed E-state index contributed by atoms with van der Waals surface area (Å²) < 4.78 is 0. The second-order valence-electron chi connectivity index (χ2n) is 13.6. The predicted molar refractivity (Wildman–Crippen MR) is 184 cm³/mol. The van der Waals surface area contributed by atoms with E-state index in [1.54, 1.807) is 0 Å². The maximum absolute atomic E-state index is 3.79. The Morgan fingerprint density at radius 3 is 2.00 bits per heavy atom. The average molecular weight is 555 g/mol. The lowest BCUT2D eigenvalue weighted by atomic mass is 9.69. The third kappa shape index (κ3) is 3.19. The van der Waals surface area contributed by atoms with Gasteiger partial charge in [-0.1, -0.05) is 107 Å². The van der Waals surface area contributed by atoms with E-state index < -0.39 is 0 Å². The van der Waals surface area contributed by atoms with Gasteiger partial charge in [-0.15, -0.1) is 0 Å². The molecule has 7 aromatic rings. The lowest BCUT2D eigenvalue weighted by Gasteiger charge is -2.43. The number of hydrogen-bond donors (Lipinski definition) is 1. The Labute approximate surface area is 252 Å². The van der Waals surface area contributed by atoms with Gasteiger partial charge in [0.25, 0.3) is 0 Å². The van der Waals surface area contributed by atoms with Gasteiger partial charge >= 0.3 is 0 Å². The van der Waals surface area contributed by atoms with Gasteiger partial charge in [0.1, 0.15) is 0 Å². The van der Waals surface area contributed by atoms with Crippen molar-refractivity contribution in [1.29, 1.82) is 0 Å². The SMILES string of the molecule is CN1c2ccc(-c3ccc4ccc5cccc6ccc3c4c56)cc2C(C)(C)c2cc3c(cc21)C(C)(C)c1ccccc1N3. The molecule has 2 aliphatic heterocycles. The van der Waals surface area contributed by atoms with E-state index >= 15 is 0 Å². The van der Waals surface area contributed by atoms with Crippen LogP contribution in [0.15, 0.2) is 109 Å². The molecule has 0 amide bonds. The number of hydrogen-bond acceptors (Lipinski definition) is 2. The molecule has 2 nitrogen and oxygen atoms in total. The van der Waals surface area contributed by atoms with Crippen LogP contribution in [-0.2, 0) is 10.8 Å². The quantitative estimate of drug-likeness (QED) is 0.203. The van der Waals surface area contributed by atoms with Crippen molar-refractivity contribution < 1.29 is 0 Å². The van der Waals surface area contributed by atoms with E-state index in [0.717, 1.165) is 0 Å². The summed E-state index contributed by atoms with van der Waals surface area (Å²) in [6.07, 6.45) is 0. The van der Waals surface area contributed by atoms with Gasteiger partial charge in [0.05, 0.1) is 0 Å². The Morgan fingerprint density at radius 1 is 0.512 bits per heavy atom. The van der Waals surface area contributed by atoms with Gasteiger partial charge in [-0.05, 0) is 96.0 Å². The first kappa shape index (κ1) is 24.7. The van der Waals surface area contributed by atoms with Crippen LogP contribution in [0.5, 0.6) is 0 Å². The number of nitrogens with one attached hydrogen (secondary N) is 1. The molecule has 0 saturated carbocycles. The van der Waals surface area contributed by atoms with Crippen molar-refractivity contribution in [3.63, 3.8) is 0 Å². The van der Waals surface area contributed by atoms with Crippen LogP contribution in [0, 0.1) is 0 Å². The molecule has 0 aliphatic carbocycles. The molecule has 0 unspecified atom stereocenters. The van der Waals surface area contributed by atoms with Crippen molar-refractivity contribution >= 4 is 55.1 Å². The molecule has 0 radical (unpaired) electrons. The first-order valence-corrected chi connectivity index (χ1v) is 15.3. The molecule has 208 valence electrons. The minimum absolute atomic E-state index is 0.0870. The number of rotatable bonds is 1. The zero-order chi connectivity index (χ0) is 29.2. The lowest BCUT2D eigenvalue weighted by Crippen LogP contribution is -2.33. The van der Waals surface area contributed by atoms with Gasteiger partial charge in [-0.2, -0.15) is 0 Å². The van der Waals surface area contributed by atoms with E-state index in [2.05, 4.69) is 154 Å². The number of anilines is 4. The molecule has 0 saturated heterocycles. The summed E-state index contributed by atoms with van der Waals surface area (Å²) in [5.74, 6) is 0. The maximum atomic E-state index is 3.79. The number of para-hydroxylation sites is 1. The monoisotopic (exact) mass is 554 g/mol. The topological polar surface area (TPSA) is 15.3 Å².